The molecule has 0 aromatic heterocycles. The van der Waals surface area contributed by atoms with E-state index in [9.17, 15) is 8.42 Å². The van der Waals surface area contributed by atoms with Gasteiger partial charge in [0.15, 0.2) is 0 Å². The van der Waals surface area contributed by atoms with Gasteiger partial charge in [-0.1, -0.05) is 54.1 Å². The molecule has 0 saturated heterocycles. The number of benzene rings is 2. The van der Waals surface area contributed by atoms with Gasteiger partial charge >= 0.3 is 0 Å². The molecule has 0 fully saturated rings. The maximum atomic E-state index is 10.6. The molecule has 0 heterocycles. The fourth-order valence-corrected chi connectivity index (χ4v) is 2.11. The van der Waals surface area contributed by atoms with Crippen molar-refractivity contribution in [2.75, 3.05) is 0 Å². The smallest absolute Gasteiger partial charge is 0.282 e. The molecule has 1 N–H and O–H groups in total. The van der Waals surface area contributed by atoms with Crippen LogP contribution in [0, 0.1) is 13.8 Å². The second-order valence-corrected chi connectivity index (χ2v) is 5.29. The van der Waals surface area contributed by atoms with Crippen LogP contribution in [-0.4, -0.2) is 13.0 Å². The van der Waals surface area contributed by atoms with Crippen LogP contribution in [0.15, 0.2) is 59.5 Å². The Balaban J connectivity index is 0.000000199. The minimum Gasteiger partial charge on any atom is -0.282 e. The van der Waals surface area contributed by atoms with E-state index in [1.807, 2.05) is 18.2 Å². The summed E-state index contributed by atoms with van der Waals surface area (Å²) in [4.78, 5) is -0.0278. The molecule has 18 heavy (non-hydrogen) atoms. The van der Waals surface area contributed by atoms with Crippen LogP contribution in [0.5, 0.6) is 0 Å². The fraction of sp³-hybridized carbons (Fsp3) is 0.143. The van der Waals surface area contributed by atoms with Gasteiger partial charge in [-0.05, 0) is 25.5 Å². The molecule has 0 spiro atoms. The number of hydrogen-bond acceptors (Lipinski definition) is 2. The Kier molecular flexibility index (Phi) is 5.07. The van der Waals surface area contributed by atoms with Crippen molar-refractivity contribution in [3.63, 3.8) is 0 Å². The van der Waals surface area contributed by atoms with Crippen LogP contribution in [0.4, 0.5) is 0 Å². The van der Waals surface area contributed by atoms with Crippen LogP contribution >= 0.6 is 0 Å². The maximum absolute atomic E-state index is 10.6. The van der Waals surface area contributed by atoms with Gasteiger partial charge in [0, 0.05) is 0 Å². The van der Waals surface area contributed by atoms with Crippen molar-refractivity contribution in [2.45, 2.75) is 18.7 Å². The second-order valence-electron chi connectivity index (χ2n) is 3.90. The molecule has 4 heteroatoms. The molecule has 0 radical (unpaired) electrons. The lowest BCUT2D eigenvalue weighted by Gasteiger charge is -1.99. The van der Waals surface area contributed by atoms with Crippen LogP contribution in [0.1, 0.15) is 11.1 Å². The SMILES string of the molecule is Cc1ccccc1.Cc1ccccc1S(=O)(=O)O. The Morgan fingerprint density at radius 1 is 0.833 bits per heavy atom. The molecule has 0 unspecified atom stereocenters. The summed E-state index contributed by atoms with van der Waals surface area (Å²) in [6.07, 6.45) is 0. The Bertz CT molecular complexity index is 589. The van der Waals surface area contributed by atoms with Gasteiger partial charge < -0.3 is 0 Å². The lowest BCUT2D eigenvalue weighted by Crippen LogP contribution is -1.99. The maximum Gasteiger partial charge on any atom is 0.294 e. The molecule has 0 aliphatic rings. The average Bonchev–Trinajstić information content (AvgIpc) is 2.30. The Labute approximate surface area is 108 Å². The molecule has 2 aromatic rings. The zero-order valence-electron chi connectivity index (χ0n) is 10.4. The van der Waals surface area contributed by atoms with E-state index in [2.05, 4.69) is 19.1 Å². The second kappa shape index (κ2) is 6.33. The third kappa shape index (κ3) is 4.69. The van der Waals surface area contributed by atoms with Crippen molar-refractivity contribution in [1.82, 2.24) is 0 Å². The molecule has 0 aliphatic heterocycles. The van der Waals surface area contributed by atoms with E-state index >= 15 is 0 Å². The minimum absolute atomic E-state index is 0.0278. The van der Waals surface area contributed by atoms with Crippen molar-refractivity contribution in [1.29, 1.82) is 0 Å². The van der Waals surface area contributed by atoms with Gasteiger partial charge in [0.25, 0.3) is 10.1 Å². The van der Waals surface area contributed by atoms with E-state index in [1.165, 1.54) is 11.6 Å². The third-order valence-electron chi connectivity index (χ3n) is 2.31. The fourth-order valence-electron chi connectivity index (χ4n) is 1.38. The predicted molar refractivity (Wildman–Crippen MR) is 72.2 cm³/mol. The van der Waals surface area contributed by atoms with Gasteiger partial charge in [0.2, 0.25) is 0 Å². The lowest BCUT2D eigenvalue weighted by atomic mass is 10.2. The Morgan fingerprint density at radius 3 is 1.67 bits per heavy atom. The van der Waals surface area contributed by atoms with Crippen molar-refractivity contribution in [3.8, 4) is 0 Å². The van der Waals surface area contributed by atoms with Crippen molar-refractivity contribution >= 4 is 10.1 Å². The van der Waals surface area contributed by atoms with Gasteiger partial charge in [-0.2, -0.15) is 8.42 Å². The summed E-state index contributed by atoms with van der Waals surface area (Å²) in [6, 6.07) is 16.5. The van der Waals surface area contributed by atoms with Crippen LogP contribution < -0.4 is 0 Å². The van der Waals surface area contributed by atoms with Gasteiger partial charge in [-0.25, -0.2) is 0 Å². The highest BCUT2D eigenvalue weighted by Crippen LogP contribution is 2.12. The van der Waals surface area contributed by atoms with E-state index in [1.54, 1.807) is 25.1 Å². The molecule has 0 saturated carbocycles. The summed E-state index contributed by atoms with van der Waals surface area (Å²) < 4.78 is 29.9. The number of hydrogen-bond donors (Lipinski definition) is 1. The van der Waals surface area contributed by atoms with E-state index in [4.69, 9.17) is 4.55 Å². The van der Waals surface area contributed by atoms with Gasteiger partial charge in [-0.15, -0.1) is 0 Å². The van der Waals surface area contributed by atoms with Crippen LogP contribution in [0.25, 0.3) is 0 Å². The molecule has 0 aliphatic carbocycles. The van der Waals surface area contributed by atoms with Crippen LogP contribution in [0.3, 0.4) is 0 Å². The van der Waals surface area contributed by atoms with Crippen LogP contribution in [0.2, 0.25) is 0 Å². The summed E-state index contributed by atoms with van der Waals surface area (Å²) >= 11 is 0. The van der Waals surface area contributed by atoms with E-state index in [0.717, 1.165) is 0 Å². The molecule has 3 nitrogen and oxygen atoms in total. The molecule has 0 amide bonds. The first-order valence-electron chi connectivity index (χ1n) is 5.46. The molecule has 2 aromatic carbocycles. The van der Waals surface area contributed by atoms with Crippen molar-refractivity contribution in [3.05, 3.63) is 65.7 Å². The standard InChI is InChI=1S/C7H8O3S.C7H8/c1-6-4-2-3-5-7(6)11(8,9)10;1-7-5-3-2-4-6-7/h2-5H,1H3,(H,8,9,10);2-6H,1H3. The third-order valence-corrected chi connectivity index (χ3v) is 3.33. The van der Waals surface area contributed by atoms with E-state index in [0.29, 0.717) is 5.56 Å². The molecule has 0 atom stereocenters. The highest BCUT2D eigenvalue weighted by molar-refractivity contribution is 7.85. The van der Waals surface area contributed by atoms with Gasteiger partial charge in [-0.3, -0.25) is 4.55 Å². The monoisotopic (exact) mass is 264 g/mol. The molecule has 96 valence electrons. The largest absolute Gasteiger partial charge is 0.294 e. The molecule has 2 rings (SSSR count). The summed E-state index contributed by atoms with van der Waals surface area (Å²) in [7, 11) is -4.03. The molecule has 0 bridgehead atoms. The Hall–Kier alpha value is -1.65. The first kappa shape index (κ1) is 14.4. The van der Waals surface area contributed by atoms with Crippen LogP contribution in [-0.2, 0) is 10.1 Å². The zero-order valence-corrected chi connectivity index (χ0v) is 11.2. The zero-order chi connectivity index (χ0) is 13.6. The highest BCUT2D eigenvalue weighted by atomic mass is 32.2. The summed E-state index contributed by atoms with van der Waals surface area (Å²) in [6.45, 7) is 3.71. The summed E-state index contributed by atoms with van der Waals surface area (Å²) in [5, 5.41) is 0. The topological polar surface area (TPSA) is 54.4 Å². The van der Waals surface area contributed by atoms with Gasteiger partial charge in [0.05, 0.1) is 4.90 Å². The number of rotatable bonds is 1. The summed E-state index contributed by atoms with van der Waals surface area (Å²) in [5.41, 5.74) is 1.87. The predicted octanol–water partition coefficient (Wildman–Crippen LogP) is 3.24. The van der Waals surface area contributed by atoms with Gasteiger partial charge in [0.1, 0.15) is 0 Å². The first-order chi connectivity index (χ1) is 8.41. The first-order valence-corrected chi connectivity index (χ1v) is 6.90. The Morgan fingerprint density at radius 2 is 1.33 bits per heavy atom. The molecular weight excluding hydrogens is 248 g/mol. The quantitative estimate of drug-likeness (QED) is 0.804. The minimum atomic E-state index is -4.03. The average molecular weight is 264 g/mol. The van der Waals surface area contributed by atoms with E-state index in [-0.39, 0.29) is 4.90 Å². The number of aryl methyl sites for hydroxylation is 2. The van der Waals surface area contributed by atoms with E-state index < -0.39 is 10.1 Å². The van der Waals surface area contributed by atoms with Crippen molar-refractivity contribution in [2.24, 2.45) is 0 Å². The lowest BCUT2D eigenvalue weighted by molar-refractivity contribution is 0.482. The molecular formula is C14H16O3S. The highest BCUT2D eigenvalue weighted by Gasteiger charge is 2.10. The summed E-state index contributed by atoms with van der Waals surface area (Å²) in [5.74, 6) is 0. The normalized spacial score (nSPS) is 10.4. The van der Waals surface area contributed by atoms with Crippen molar-refractivity contribution < 1.29 is 13.0 Å².